The SMILES string of the molecule is C=C[C@]12CC[C@]3(C)[C@@H](F)[C@H](O)C[C@H]3[C@@H]1CCc1cc(O)ccc12. The number of aliphatic hydroxyl groups excluding tert-OH is 1. The van der Waals surface area contributed by atoms with Gasteiger partial charge in [0, 0.05) is 10.8 Å². The number of rotatable bonds is 1. The van der Waals surface area contributed by atoms with Crippen LogP contribution in [0, 0.1) is 17.3 Å². The number of allylic oxidation sites excluding steroid dienone is 1. The van der Waals surface area contributed by atoms with Gasteiger partial charge in [0.25, 0.3) is 0 Å². The number of fused-ring (bicyclic) bond motifs is 5. The molecule has 1 aromatic carbocycles. The standard InChI is InChI=1S/C20H25FO2/c1-3-20-9-8-19(2)16(11-17(23)18(19)21)15(20)6-4-12-10-13(22)5-7-14(12)20/h3,5,7,10,15-18,22-23H,1,4,6,8-9,11H2,2H3/t15-,16-,17+,18-,19-,20+/m0/s1. The third kappa shape index (κ3) is 1.83. The fourth-order valence-electron chi connectivity index (χ4n) is 5.97. The molecule has 0 radical (unpaired) electrons. The first kappa shape index (κ1) is 15.2. The Morgan fingerprint density at radius 2 is 2.09 bits per heavy atom. The molecule has 124 valence electrons. The van der Waals surface area contributed by atoms with Gasteiger partial charge in [-0.2, -0.15) is 0 Å². The van der Waals surface area contributed by atoms with Crippen molar-refractivity contribution in [3.63, 3.8) is 0 Å². The smallest absolute Gasteiger partial charge is 0.131 e. The van der Waals surface area contributed by atoms with E-state index in [4.69, 9.17) is 0 Å². The van der Waals surface area contributed by atoms with E-state index in [0.29, 0.717) is 18.1 Å². The first-order chi connectivity index (χ1) is 10.9. The molecule has 0 heterocycles. The van der Waals surface area contributed by atoms with Crippen LogP contribution in [0.1, 0.15) is 43.7 Å². The second-order valence-electron chi connectivity index (χ2n) is 8.05. The molecule has 0 unspecified atom stereocenters. The summed E-state index contributed by atoms with van der Waals surface area (Å²) in [6, 6.07) is 5.65. The molecule has 2 saturated carbocycles. The average Bonchev–Trinajstić information content (AvgIpc) is 2.77. The lowest BCUT2D eigenvalue weighted by Gasteiger charge is -2.55. The molecule has 0 bridgehead atoms. The van der Waals surface area contributed by atoms with Crippen molar-refractivity contribution < 1.29 is 14.6 Å². The van der Waals surface area contributed by atoms with Gasteiger partial charge in [0.15, 0.2) is 0 Å². The van der Waals surface area contributed by atoms with Gasteiger partial charge < -0.3 is 10.2 Å². The van der Waals surface area contributed by atoms with Gasteiger partial charge in [0.05, 0.1) is 6.10 Å². The lowest BCUT2D eigenvalue weighted by atomic mass is 9.48. The highest BCUT2D eigenvalue weighted by Gasteiger charge is 2.62. The van der Waals surface area contributed by atoms with Gasteiger partial charge in [-0.1, -0.05) is 19.1 Å². The van der Waals surface area contributed by atoms with Crippen LogP contribution in [-0.4, -0.2) is 22.5 Å². The van der Waals surface area contributed by atoms with Crippen molar-refractivity contribution in [1.82, 2.24) is 0 Å². The average molecular weight is 316 g/mol. The monoisotopic (exact) mass is 316 g/mol. The minimum atomic E-state index is -1.11. The molecule has 0 amide bonds. The van der Waals surface area contributed by atoms with Crippen LogP contribution in [0.25, 0.3) is 0 Å². The van der Waals surface area contributed by atoms with E-state index >= 15 is 0 Å². The number of halogens is 1. The molecule has 2 N–H and O–H groups in total. The van der Waals surface area contributed by atoms with Crippen molar-refractivity contribution in [1.29, 1.82) is 0 Å². The minimum Gasteiger partial charge on any atom is -0.508 e. The summed E-state index contributed by atoms with van der Waals surface area (Å²) in [5, 5.41) is 19.9. The number of benzene rings is 1. The molecule has 0 aromatic heterocycles. The maximum atomic E-state index is 14.7. The molecule has 0 spiro atoms. The molecule has 3 heteroatoms. The molecule has 0 saturated heterocycles. The predicted molar refractivity (Wildman–Crippen MR) is 88.1 cm³/mol. The van der Waals surface area contributed by atoms with Crippen molar-refractivity contribution in [3.05, 3.63) is 42.0 Å². The Kier molecular flexibility index (Phi) is 3.19. The molecule has 2 fully saturated rings. The van der Waals surface area contributed by atoms with E-state index in [9.17, 15) is 14.6 Å². The third-order valence-electron chi connectivity index (χ3n) is 7.21. The van der Waals surface area contributed by atoms with Gasteiger partial charge in [0.2, 0.25) is 0 Å². The van der Waals surface area contributed by atoms with Crippen LogP contribution in [0.3, 0.4) is 0 Å². The molecule has 1 aromatic rings. The maximum absolute atomic E-state index is 14.7. The lowest BCUT2D eigenvalue weighted by Crippen LogP contribution is -2.51. The number of phenols is 1. The molecule has 2 nitrogen and oxygen atoms in total. The van der Waals surface area contributed by atoms with Gasteiger partial charge in [-0.05, 0) is 67.2 Å². The molecule has 23 heavy (non-hydrogen) atoms. The highest BCUT2D eigenvalue weighted by Crippen LogP contribution is 2.64. The topological polar surface area (TPSA) is 40.5 Å². The van der Waals surface area contributed by atoms with E-state index in [-0.39, 0.29) is 11.3 Å². The van der Waals surface area contributed by atoms with Crippen molar-refractivity contribution in [2.24, 2.45) is 17.3 Å². The van der Waals surface area contributed by atoms with E-state index in [1.807, 2.05) is 19.1 Å². The van der Waals surface area contributed by atoms with Crippen molar-refractivity contribution in [2.75, 3.05) is 0 Å². The van der Waals surface area contributed by atoms with Crippen molar-refractivity contribution in [2.45, 2.75) is 56.7 Å². The molecule has 0 aliphatic heterocycles. The van der Waals surface area contributed by atoms with Crippen LogP contribution in [0.5, 0.6) is 5.75 Å². The zero-order valence-electron chi connectivity index (χ0n) is 13.6. The first-order valence-electron chi connectivity index (χ1n) is 8.70. The number of hydrogen-bond donors (Lipinski definition) is 2. The fraction of sp³-hybridized carbons (Fsp3) is 0.600. The number of alkyl halides is 1. The largest absolute Gasteiger partial charge is 0.508 e. The number of hydrogen-bond acceptors (Lipinski definition) is 2. The normalized spacial score (nSPS) is 45.0. The fourth-order valence-corrected chi connectivity index (χ4v) is 5.97. The van der Waals surface area contributed by atoms with Gasteiger partial charge in [-0.3, -0.25) is 0 Å². The number of aliphatic hydroxyl groups is 1. The Morgan fingerprint density at radius 1 is 1.30 bits per heavy atom. The summed E-state index contributed by atoms with van der Waals surface area (Å²) in [7, 11) is 0. The van der Waals surface area contributed by atoms with Gasteiger partial charge in [-0.25, -0.2) is 4.39 Å². The van der Waals surface area contributed by atoms with E-state index < -0.39 is 17.7 Å². The summed E-state index contributed by atoms with van der Waals surface area (Å²) in [5.74, 6) is 0.828. The van der Waals surface area contributed by atoms with E-state index in [1.54, 1.807) is 6.07 Å². The number of phenolic OH excluding ortho intramolecular Hbond substituents is 1. The van der Waals surface area contributed by atoms with Gasteiger partial charge in [0.1, 0.15) is 11.9 Å². The Morgan fingerprint density at radius 3 is 2.83 bits per heavy atom. The van der Waals surface area contributed by atoms with E-state index in [2.05, 4.69) is 12.7 Å². The van der Waals surface area contributed by atoms with Crippen LogP contribution in [0.2, 0.25) is 0 Å². The Bertz CT molecular complexity index is 657. The predicted octanol–water partition coefficient (Wildman–Crippen LogP) is 3.90. The molecule has 3 aliphatic rings. The molecule has 4 rings (SSSR count). The third-order valence-corrected chi connectivity index (χ3v) is 7.21. The van der Waals surface area contributed by atoms with Crippen LogP contribution in [-0.2, 0) is 11.8 Å². The molecular weight excluding hydrogens is 291 g/mol. The quantitative estimate of drug-likeness (QED) is 0.772. The second kappa shape index (κ2) is 4.83. The lowest BCUT2D eigenvalue weighted by molar-refractivity contribution is -0.0198. The van der Waals surface area contributed by atoms with E-state index in [0.717, 1.165) is 25.7 Å². The highest BCUT2D eigenvalue weighted by molar-refractivity contribution is 5.46. The minimum absolute atomic E-state index is 0.144. The second-order valence-corrected chi connectivity index (χ2v) is 8.05. The van der Waals surface area contributed by atoms with Crippen molar-refractivity contribution in [3.8, 4) is 5.75 Å². The Balaban J connectivity index is 1.83. The maximum Gasteiger partial charge on any atom is 0.131 e. The first-order valence-corrected chi connectivity index (χ1v) is 8.70. The summed E-state index contributed by atoms with van der Waals surface area (Å²) in [6.45, 7) is 6.16. The summed E-state index contributed by atoms with van der Waals surface area (Å²) in [5.41, 5.74) is 1.89. The summed E-state index contributed by atoms with van der Waals surface area (Å²) >= 11 is 0. The Hall–Kier alpha value is -1.35. The zero-order chi connectivity index (χ0) is 16.4. The van der Waals surface area contributed by atoms with Gasteiger partial charge in [-0.15, -0.1) is 6.58 Å². The summed E-state index contributed by atoms with van der Waals surface area (Å²) < 4.78 is 14.7. The van der Waals surface area contributed by atoms with Crippen LogP contribution in [0.15, 0.2) is 30.9 Å². The summed E-state index contributed by atoms with van der Waals surface area (Å²) in [4.78, 5) is 0. The van der Waals surface area contributed by atoms with Crippen LogP contribution < -0.4 is 0 Å². The molecule has 6 atom stereocenters. The molecule has 3 aliphatic carbocycles. The van der Waals surface area contributed by atoms with Crippen LogP contribution in [0.4, 0.5) is 4.39 Å². The number of aromatic hydroxyl groups is 1. The van der Waals surface area contributed by atoms with Crippen LogP contribution >= 0.6 is 0 Å². The zero-order valence-corrected chi connectivity index (χ0v) is 13.6. The Labute approximate surface area is 137 Å². The summed E-state index contributed by atoms with van der Waals surface area (Å²) in [6.07, 6.45) is 4.21. The highest BCUT2D eigenvalue weighted by atomic mass is 19.1. The van der Waals surface area contributed by atoms with E-state index in [1.165, 1.54) is 11.1 Å². The molecular formula is C20H25FO2. The van der Waals surface area contributed by atoms with Gasteiger partial charge >= 0.3 is 0 Å². The number of aryl methyl sites for hydroxylation is 1. The van der Waals surface area contributed by atoms with Crippen molar-refractivity contribution >= 4 is 0 Å².